The predicted molar refractivity (Wildman–Crippen MR) is 96.5 cm³/mol. The third kappa shape index (κ3) is 5.42. The average molecular weight is 341 g/mol. The molecule has 2 heterocycles. The Labute approximate surface area is 147 Å². The highest BCUT2D eigenvalue weighted by atomic mass is 16.5. The summed E-state index contributed by atoms with van der Waals surface area (Å²) in [5.41, 5.74) is 1.09. The average Bonchev–Trinajstić information content (AvgIpc) is 2.68. The number of amides is 1. The Morgan fingerprint density at radius 3 is 2.76 bits per heavy atom. The van der Waals surface area contributed by atoms with Crippen molar-refractivity contribution in [2.45, 2.75) is 13.0 Å². The van der Waals surface area contributed by atoms with E-state index in [9.17, 15) is 4.79 Å². The van der Waals surface area contributed by atoms with E-state index in [0.717, 1.165) is 30.3 Å². The molecule has 0 unspecified atom stereocenters. The van der Waals surface area contributed by atoms with E-state index in [1.165, 1.54) is 0 Å². The Kier molecular flexibility index (Phi) is 6.17. The van der Waals surface area contributed by atoms with Gasteiger partial charge in [0.2, 0.25) is 5.91 Å². The highest BCUT2D eigenvalue weighted by Gasteiger charge is 2.13. The third-order valence-electron chi connectivity index (χ3n) is 3.98. The summed E-state index contributed by atoms with van der Waals surface area (Å²) in [5.74, 6) is 1.63. The lowest BCUT2D eigenvalue weighted by Gasteiger charge is -2.27. The molecule has 1 aromatic heterocycles. The van der Waals surface area contributed by atoms with E-state index in [2.05, 4.69) is 25.5 Å². The van der Waals surface area contributed by atoms with E-state index in [0.29, 0.717) is 32.7 Å². The van der Waals surface area contributed by atoms with Gasteiger partial charge >= 0.3 is 0 Å². The van der Waals surface area contributed by atoms with Crippen LogP contribution in [0.15, 0.2) is 42.7 Å². The standard InChI is InChI=1S/C18H23N5O2/c24-18(20-13-15-4-2-1-3-5-15)6-7-19-16-12-17(22-14-21-16)23-8-10-25-11-9-23/h1-5,12,14H,6-11,13H2,(H,20,24)(H,19,21,22). The fourth-order valence-corrected chi connectivity index (χ4v) is 2.60. The minimum absolute atomic E-state index is 0.0128. The lowest BCUT2D eigenvalue weighted by Crippen LogP contribution is -2.36. The van der Waals surface area contributed by atoms with Crippen molar-refractivity contribution in [1.82, 2.24) is 15.3 Å². The van der Waals surface area contributed by atoms with Crippen LogP contribution in [0.1, 0.15) is 12.0 Å². The Morgan fingerprint density at radius 1 is 1.16 bits per heavy atom. The molecule has 25 heavy (non-hydrogen) atoms. The zero-order valence-electron chi connectivity index (χ0n) is 14.1. The smallest absolute Gasteiger partial charge is 0.222 e. The summed E-state index contributed by atoms with van der Waals surface area (Å²) in [5, 5.41) is 6.10. The number of carbonyl (C=O) groups excluding carboxylic acids is 1. The van der Waals surface area contributed by atoms with Gasteiger partial charge in [-0.2, -0.15) is 0 Å². The number of anilines is 2. The van der Waals surface area contributed by atoms with Gasteiger partial charge in [-0.25, -0.2) is 9.97 Å². The van der Waals surface area contributed by atoms with Crippen LogP contribution in [0.25, 0.3) is 0 Å². The molecule has 1 fully saturated rings. The maximum absolute atomic E-state index is 11.9. The Morgan fingerprint density at radius 2 is 1.96 bits per heavy atom. The monoisotopic (exact) mass is 341 g/mol. The second kappa shape index (κ2) is 8.98. The molecular formula is C18H23N5O2. The quantitative estimate of drug-likeness (QED) is 0.793. The zero-order chi connectivity index (χ0) is 17.3. The summed E-state index contributed by atoms with van der Waals surface area (Å²) in [6, 6.07) is 11.8. The molecule has 1 aliphatic rings. The summed E-state index contributed by atoms with van der Waals surface area (Å²) in [6.45, 7) is 4.17. The summed E-state index contributed by atoms with van der Waals surface area (Å²) < 4.78 is 5.35. The highest BCUT2D eigenvalue weighted by Crippen LogP contribution is 2.15. The van der Waals surface area contributed by atoms with Crippen LogP contribution in [-0.2, 0) is 16.1 Å². The van der Waals surface area contributed by atoms with Crippen molar-refractivity contribution >= 4 is 17.5 Å². The molecule has 0 saturated carbocycles. The molecule has 1 saturated heterocycles. The lowest BCUT2D eigenvalue weighted by atomic mass is 10.2. The Bertz CT molecular complexity index is 674. The largest absolute Gasteiger partial charge is 0.378 e. The van der Waals surface area contributed by atoms with Crippen molar-refractivity contribution in [1.29, 1.82) is 0 Å². The van der Waals surface area contributed by atoms with E-state index < -0.39 is 0 Å². The fourth-order valence-electron chi connectivity index (χ4n) is 2.60. The first-order valence-electron chi connectivity index (χ1n) is 8.50. The number of carbonyl (C=O) groups is 1. The number of aromatic nitrogens is 2. The zero-order valence-corrected chi connectivity index (χ0v) is 14.1. The number of nitrogens with zero attached hydrogens (tertiary/aromatic N) is 3. The molecule has 7 nitrogen and oxygen atoms in total. The molecule has 0 radical (unpaired) electrons. The summed E-state index contributed by atoms with van der Waals surface area (Å²) in [7, 11) is 0. The van der Waals surface area contributed by atoms with Gasteiger partial charge in [0.05, 0.1) is 13.2 Å². The van der Waals surface area contributed by atoms with Crippen molar-refractivity contribution in [3.05, 3.63) is 48.3 Å². The van der Waals surface area contributed by atoms with Gasteiger partial charge in [-0.05, 0) is 5.56 Å². The second-order valence-corrected chi connectivity index (χ2v) is 5.80. The summed E-state index contributed by atoms with van der Waals surface area (Å²) in [6.07, 6.45) is 1.94. The Balaban J connectivity index is 1.41. The third-order valence-corrected chi connectivity index (χ3v) is 3.98. The molecule has 1 aliphatic heterocycles. The van der Waals surface area contributed by atoms with Gasteiger partial charge in [-0.15, -0.1) is 0 Å². The minimum Gasteiger partial charge on any atom is -0.378 e. The van der Waals surface area contributed by atoms with Crippen molar-refractivity contribution < 1.29 is 9.53 Å². The van der Waals surface area contributed by atoms with Crippen molar-refractivity contribution in [2.75, 3.05) is 43.1 Å². The minimum atomic E-state index is 0.0128. The molecule has 0 bridgehead atoms. The molecule has 0 spiro atoms. The summed E-state index contributed by atoms with van der Waals surface area (Å²) >= 11 is 0. The molecule has 132 valence electrons. The number of morpholine rings is 1. The topological polar surface area (TPSA) is 79.4 Å². The van der Waals surface area contributed by atoms with Crippen molar-refractivity contribution in [3.8, 4) is 0 Å². The van der Waals surface area contributed by atoms with Crippen LogP contribution in [0, 0.1) is 0 Å². The summed E-state index contributed by atoms with van der Waals surface area (Å²) in [4.78, 5) is 22.6. The molecule has 7 heteroatoms. The van der Waals surface area contributed by atoms with E-state index in [1.807, 2.05) is 36.4 Å². The molecule has 0 aliphatic carbocycles. The number of rotatable bonds is 7. The first-order chi connectivity index (χ1) is 12.3. The first-order valence-corrected chi connectivity index (χ1v) is 8.50. The number of benzene rings is 1. The maximum atomic E-state index is 11.9. The molecule has 2 N–H and O–H groups in total. The van der Waals surface area contributed by atoms with E-state index >= 15 is 0 Å². The van der Waals surface area contributed by atoms with Crippen LogP contribution in [0.2, 0.25) is 0 Å². The predicted octanol–water partition coefficient (Wildman–Crippen LogP) is 1.43. The van der Waals surface area contributed by atoms with Crippen molar-refractivity contribution in [3.63, 3.8) is 0 Å². The van der Waals surface area contributed by atoms with Gasteiger partial charge in [-0.3, -0.25) is 4.79 Å². The number of ether oxygens (including phenoxy) is 1. The molecular weight excluding hydrogens is 318 g/mol. The van der Waals surface area contributed by atoms with Crippen LogP contribution in [0.5, 0.6) is 0 Å². The molecule has 1 aromatic carbocycles. The fraction of sp³-hybridized carbons (Fsp3) is 0.389. The van der Waals surface area contributed by atoms with Gasteiger partial charge in [0.25, 0.3) is 0 Å². The van der Waals surface area contributed by atoms with Gasteiger partial charge < -0.3 is 20.3 Å². The lowest BCUT2D eigenvalue weighted by molar-refractivity contribution is -0.121. The van der Waals surface area contributed by atoms with Crippen LogP contribution in [0.3, 0.4) is 0 Å². The van der Waals surface area contributed by atoms with Crippen LogP contribution < -0.4 is 15.5 Å². The first kappa shape index (κ1) is 17.2. The van der Waals surface area contributed by atoms with Gasteiger partial charge in [0.1, 0.15) is 18.0 Å². The van der Waals surface area contributed by atoms with E-state index in [1.54, 1.807) is 6.33 Å². The SMILES string of the molecule is O=C(CCNc1cc(N2CCOCC2)ncn1)NCc1ccccc1. The van der Waals surface area contributed by atoms with Gasteiger partial charge in [0, 0.05) is 38.7 Å². The second-order valence-electron chi connectivity index (χ2n) is 5.80. The maximum Gasteiger partial charge on any atom is 0.222 e. The highest BCUT2D eigenvalue weighted by molar-refractivity contribution is 5.76. The molecule has 1 amide bonds. The van der Waals surface area contributed by atoms with E-state index in [4.69, 9.17) is 4.74 Å². The molecule has 3 rings (SSSR count). The van der Waals surface area contributed by atoms with E-state index in [-0.39, 0.29) is 5.91 Å². The molecule has 2 aromatic rings. The van der Waals surface area contributed by atoms with Crippen LogP contribution >= 0.6 is 0 Å². The normalized spacial score (nSPS) is 14.2. The van der Waals surface area contributed by atoms with Crippen molar-refractivity contribution in [2.24, 2.45) is 0 Å². The number of nitrogens with one attached hydrogen (secondary N) is 2. The molecule has 0 atom stereocenters. The number of hydrogen-bond acceptors (Lipinski definition) is 6. The van der Waals surface area contributed by atoms with Gasteiger partial charge in [0.15, 0.2) is 0 Å². The van der Waals surface area contributed by atoms with Crippen LogP contribution in [-0.4, -0.2) is 48.7 Å². The Hall–Kier alpha value is -2.67. The van der Waals surface area contributed by atoms with Gasteiger partial charge in [-0.1, -0.05) is 30.3 Å². The van der Waals surface area contributed by atoms with Crippen LogP contribution in [0.4, 0.5) is 11.6 Å². The number of hydrogen-bond donors (Lipinski definition) is 2.